The van der Waals surface area contributed by atoms with Gasteiger partial charge in [-0.15, -0.1) is 11.6 Å². The number of hydrogen-bond donors (Lipinski definition) is 0. The Balaban J connectivity index is 1.98. The average Bonchev–Trinajstić information content (AvgIpc) is 2.72. The van der Waals surface area contributed by atoms with E-state index in [4.69, 9.17) is 11.6 Å². The van der Waals surface area contributed by atoms with Gasteiger partial charge in [0, 0.05) is 24.5 Å². The normalized spacial score (nSPS) is 20.5. The molecule has 18 heavy (non-hydrogen) atoms. The van der Waals surface area contributed by atoms with Crippen LogP contribution in [-0.4, -0.2) is 23.4 Å². The molecule has 1 aromatic rings. The molecule has 1 fully saturated rings. The molecule has 0 aromatic heterocycles. The molecule has 0 spiro atoms. The van der Waals surface area contributed by atoms with Gasteiger partial charge in [0.15, 0.2) is 0 Å². The zero-order chi connectivity index (χ0) is 13.0. The predicted molar refractivity (Wildman–Crippen MR) is 69.7 cm³/mol. The summed E-state index contributed by atoms with van der Waals surface area (Å²) in [7, 11) is 0. The van der Waals surface area contributed by atoms with Gasteiger partial charge in [0.25, 0.3) is 0 Å². The molecular weight excluding hydrogens is 256 g/mol. The van der Waals surface area contributed by atoms with E-state index in [0.717, 1.165) is 38.3 Å². The van der Waals surface area contributed by atoms with Crippen molar-refractivity contribution in [2.24, 2.45) is 0 Å². The number of halogens is 3. The summed E-state index contributed by atoms with van der Waals surface area (Å²) in [6.45, 7) is 1.63. The highest BCUT2D eigenvalue weighted by Gasteiger charge is 2.24. The van der Waals surface area contributed by atoms with Gasteiger partial charge in [-0.1, -0.05) is 0 Å². The Morgan fingerprint density at radius 1 is 1.22 bits per heavy atom. The zero-order valence-corrected chi connectivity index (χ0v) is 11.1. The highest BCUT2D eigenvalue weighted by Crippen LogP contribution is 2.24. The number of benzene rings is 1. The monoisotopic (exact) mass is 273 g/mol. The van der Waals surface area contributed by atoms with E-state index in [1.807, 2.05) is 0 Å². The molecule has 0 bridgehead atoms. The van der Waals surface area contributed by atoms with E-state index < -0.39 is 11.6 Å². The van der Waals surface area contributed by atoms with E-state index in [2.05, 4.69) is 4.90 Å². The maximum absolute atomic E-state index is 13.1. The van der Waals surface area contributed by atoms with Crippen LogP contribution < -0.4 is 0 Å². The number of alkyl halides is 1. The van der Waals surface area contributed by atoms with Gasteiger partial charge in [0.1, 0.15) is 11.6 Å². The van der Waals surface area contributed by atoms with Gasteiger partial charge in [-0.25, -0.2) is 8.78 Å². The van der Waals surface area contributed by atoms with E-state index in [9.17, 15) is 8.78 Å². The summed E-state index contributed by atoms with van der Waals surface area (Å²) in [5.41, 5.74) is 0.713. The molecule has 1 heterocycles. The van der Waals surface area contributed by atoms with E-state index in [0.29, 0.717) is 24.0 Å². The SMILES string of the molecule is Fc1cc(F)cc(CN2CCCC2CCCCl)c1. The fourth-order valence-corrected chi connectivity index (χ4v) is 2.83. The fraction of sp³-hybridized carbons (Fsp3) is 0.571. The quantitative estimate of drug-likeness (QED) is 0.735. The van der Waals surface area contributed by atoms with Crippen LogP contribution in [0, 0.1) is 11.6 Å². The van der Waals surface area contributed by atoms with Gasteiger partial charge < -0.3 is 0 Å². The summed E-state index contributed by atoms with van der Waals surface area (Å²) in [6.07, 6.45) is 4.39. The Hall–Kier alpha value is -0.670. The number of rotatable bonds is 5. The van der Waals surface area contributed by atoms with E-state index in [-0.39, 0.29) is 0 Å². The molecule has 1 aliphatic heterocycles. The van der Waals surface area contributed by atoms with Crippen LogP contribution in [0.1, 0.15) is 31.2 Å². The molecule has 0 amide bonds. The third-order valence-electron chi connectivity index (χ3n) is 3.48. The second-order valence-corrected chi connectivity index (χ2v) is 5.25. The fourth-order valence-electron chi connectivity index (χ4n) is 2.68. The lowest BCUT2D eigenvalue weighted by Crippen LogP contribution is -2.29. The molecule has 1 unspecified atom stereocenters. The molecule has 1 aromatic carbocycles. The summed E-state index contributed by atoms with van der Waals surface area (Å²) < 4.78 is 26.3. The maximum atomic E-state index is 13.1. The third kappa shape index (κ3) is 3.66. The second-order valence-electron chi connectivity index (χ2n) is 4.88. The molecule has 2 rings (SSSR count). The van der Waals surface area contributed by atoms with E-state index in [1.165, 1.54) is 12.1 Å². The highest BCUT2D eigenvalue weighted by atomic mass is 35.5. The van der Waals surface area contributed by atoms with Crippen LogP contribution in [0.2, 0.25) is 0 Å². The molecule has 0 N–H and O–H groups in total. The van der Waals surface area contributed by atoms with Gasteiger partial charge in [0.2, 0.25) is 0 Å². The Bertz CT molecular complexity index is 377. The number of hydrogen-bond acceptors (Lipinski definition) is 1. The van der Waals surface area contributed by atoms with Crippen LogP contribution in [-0.2, 0) is 6.54 Å². The summed E-state index contributed by atoms with van der Waals surface area (Å²) in [5.74, 6) is -0.318. The molecule has 0 saturated carbocycles. The van der Waals surface area contributed by atoms with Crippen LogP contribution in [0.3, 0.4) is 0 Å². The van der Waals surface area contributed by atoms with Crippen molar-refractivity contribution in [2.45, 2.75) is 38.3 Å². The van der Waals surface area contributed by atoms with Crippen molar-refractivity contribution in [3.63, 3.8) is 0 Å². The molecule has 0 aliphatic carbocycles. The molecule has 1 saturated heterocycles. The predicted octanol–water partition coefficient (Wildman–Crippen LogP) is 3.95. The Morgan fingerprint density at radius 2 is 1.94 bits per heavy atom. The minimum absolute atomic E-state index is 0.499. The smallest absolute Gasteiger partial charge is 0.126 e. The van der Waals surface area contributed by atoms with Gasteiger partial charge in [-0.3, -0.25) is 4.90 Å². The minimum atomic E-state index is -0.499. The Kier molecular flexibility index (Phi) is 4.95. The van der Waals surface area contributed by atoms with Crippen LogP contribution in [0.25, 0.3) is 0 Å². The van der Waals surface area contributed by atoms with Crippen molar-refractivity contribution in [1.82, 2.24) is 4.90 Å². The van der Waals surface area contributed by atoms with Crippen LogP contribution in [0.4, 0.5) is 8.78 Å². The van der Waals surface area contributed by atoms with Crippen LogP contribution in [0.15, 0.2) is 18.2 Å². The van der Waals surface area contributed by atoms with Crippen LogP contribution >= 0.6 is 11.6 Å². The molecule has 1 aliphatic rings. The summed E-state index contributed by atoms with van der Waals surface area (Å²) in [4.78, 5) is 2.31. The molecular formula is C14H18ClF2N. The van der Waals surface area contributed by atoms with E-state index in [1.54, 1.807) is 0 Å². The average molecular weight is 274 g/mol. The van der Waals surface area contributed by atoms with Crippen molar-refractivity contribution >= 4 is 11.6 Å². The zero-order valence-electron chi connectivity index (χ0n) is 10.3. The van der Waals surface area contributed by atoms with Gasteiger partial charge >= 0.3 is 0 Å². The third-order valence-corrected chi connectivity index (χ3v) is 3.75. The molecule has 0 radical (unpaired) electrons. The van der Waals surface area contributed by atoms with Gasteiger partial charge in [0.05, 0.1) is 0 Å². The first kappa shape index (κ1) is 13.8. The number of likely N-dealkylation sites (tertiary alicyclic amines) is 1. The molecule has 100 valence electrons. The van der Waals surface area contributed by atoms with Crippen molar-refractivity contribution in [3.05, 3.63) is 35.4 Å². The Morgan fingerprint density at radius 3 is 2.61 bits per heavy atom. The molecule has 1 nitrogen and oxygen atoms in total. The second kappa shape index (κ2) is 6.48. The Labute approximate surface area is 112 Å². The highest BCUT2D eigenvalue weighted by molar-refractivity contribution is 6.17. The lowest BCUT2D eigenvalue weighted by Gasteiger charge is -2.24. The molecule has 4 heteroatoms. The lowest BCUT2D eigenvalue weighted by atomic mass is 10.1. The summed E-state index contributed by atoms with van der Waals surface area (Å²) >= 11 is 5.71. The van der Waals surface area contributed by atoms with Crippen molar-refractivity contribution in [1.29, 1.82) is 0 Å². The van der Waals surface area contributed by atoms with Crippen molar-refractivity contribution < 1.29 is 8.78 Å². The van der Waals surface area contributed by atoms with Crippen molar-refractivity contribution in [2.75, 3.05) is 12.4 Å². The topological polar surface area (TPSA) is 3.24 Å². The summed E-state index contributed by atoms with van der Waals surface area (Å²) in [5, 5.41) is 0. The van der Waals surface area contributed by atoms with Crippen LogP contribution in [0.5, 0.6) is 0 Å². The maximum Gasteiger partial charge on any atom is 0.126 e. The standard InChI is InChI=1S/C14H18ClF2N/c15-5-1-3-14-4-2-6-18(14)10-11-7-12(16)9-13(17)8-11/h7-9,14H,1-6,10H2. The first-order valence-electron chi connectivity index (χ1n) is 6.44. The summed E-state index contributed by atoms with van der Waals surface area (Å²) in [6, 6.07) is 4.26. The first-order valence-corrected chi connectivity index (χ1v) is 6.97. The lowest BCUT2D eigenvalue weighted by molar-refractivity contribution is 0.233. The number of nitrogens with zero attached hydrogens (tertiary/aromatic N) is 1. The first-order chi connectivity index (χ1) is 8.69. The van der Waals surface area contributed by atoms with Gasteiger partial charge in [-0.05, 0) is 49.9 Å². The van der Waals surface area contributed by atoms with Crippen molar-refractivity contribution in [3.8, 4) is 0 Å². The van der Waals surface area contributed by atoms with Gasteiger partial charge in [-0.2, -0.15) is 0 Å². The largest absolute Gasteiger partial charge is 0.296 e. The minimum Gasteiger partial charge on any atom is -0.296 e. The van der Waals surface area contributed by atoms with E-state index >= 15 is 0 Å². The molecule has 1 atom stereocenters.